The van der Waals surface area contributed by atoms with E-state index in [-0.39, 0.29) is 30.0 Å². The minimum absolute atomic E-state index is 0.111. The van der Waals surface area contributed by atoms with Crippen molar-refractivity contribution in [3.8, 4) is 0 Å². The van der Waals surface area contributed by atoms with Crippen LogP contribution in [0.4, 0.5) is 9.52 Å². The van der Waals surface area contributed by atoms with Crippen molar-refractivity contribution < 1.29 is 17.6 Å². The highest BCUT2D eigenvalue weighted by Gasteiger charge is 2.24. The number of hydrogen-bond donors (Lipinski definition) is 0. The summed E-state index contributed by atoms with van der Waals surface area (Å²) in [5.74, 6) is -1.31. The number of aromatic nitrogens is 2. The normalized spacial score (nSPS) is 11.5. The van der Waals surface area contributed by atoms with E-state index in [1.807, 2.05) is 6.07 Å². The first-order valence-corrected chi connectivity index (χ1v) is 12.5. The summed E-state index contributed by atoms with van der Waals surface area (Å²) in [6.07, 6.45) is 1.40. The van der Waals surface area contributed by atoms with Crippen LogP contribution in [0.15, 0.2) is 72.9 Å². The zero-order valence-corrected chi connectivity index (χ0v) is 18.7. The van der Waals surface area contributed by atoms with Crippen molar-refractivity contribution in [2.45, 2.75) is 18.7 Å². The van der Waals surface area contributed by atoms with Crippen LogP contribution in [-0.2, 0) is 26.9 Å². The van der Waals surface area contributed by atoms with Gasteiger partial charge in [0.2, 0.25) is 5.91 Å². The number of rotatable bonds is 8. The predicted octanol–water partition coefficient (Wildman–Crippen LogP) is 4.37. The summed E-state index contributed by atoms with van der Waals surface area (Å²) in [4.78, 5) is 23.1. The maximum absolute atomic E-state index is 14.2. The Morgan fingerprint density at radius 1 is 1.00 bits per heavy atom. The van der Waals surface area contributed by atoms with Crippen LogP contribution in [0.5, 0.6) is 0 Å². The van der Waals surface area contributed by atoms with E-state index in [2.05, 4.69) is 9.97 Å². The molecule has 9 heteroatoms. The van der Waals surface area contributed by atoms with Gasteiger partial charge in [0.15, 0.2) is 15.0 Å². The van der Waals surface area contributed by atoms with E-state index >= 15 is 0 Å². The smallest absolute Gasteiger partial charge is 0.230 e. The van der Waals surface area contributed by atoms with Crippen LogP contribution in [0.3, 0.4) is 0 Å². The van der Waals surface area contributed by atoms with Crippen LogP contribution in [0.1, 0.15) is 17.7 Å². The topological polar surface area (TPSA) is 80.2 Å². The number of benzene rings is 2. The summed E-state index contributed by atoms with van der Waals surface area (Å²) in [5.41, 5.74) is 1.47. The zero-order chi connectivity index (χ0) is 22.6. The molecule has 1 amide bonds. The van der Waals surface area contributed by atoms with Gasteiger partial charge in [-0.05, 0) is 29.8 Å². The minimum Gasteiger partial charge on any atom is -0.282 e. The number of carbonyl (C=O) groups excluding carboxylic acids is 1. The molecule has 4 aromatic rings. The van der Waals surface area contributed by atoms with Gasteiger partial charge in [0.1, 0.15) is 11.3 Å². The number of carbonyl (C=O) groups is 1. The molecule has 2 heterocycles. The molecule has 0 spiro atoms. The molecule has 164 valence electrons. The van der Waals surface area contributed by atoms with Crippen molar-refractivity contribution in [1.29, 1.82) is 0 Å². The molecule has 0 N–H and O–H groups in total. The zero-order valence-electron chi connectivity index (χ0n) is 17.0. The average molecular weight is 470 g/mol. The second-order valence-corrected chi connectivity index (χ2v) is 10.4. The maximum Gasteiger partial charge on any atom is 0.230 e. The molecule has 2 aromatic carbocycles. The molecule has 0 fully saturated rings. The van der Waals surface area contributed by atoms with Gasteiger partial charge in [-0.15, -0.1) is 0 Å². The monoisotopic (exact) mass is 469 g/mol. The van der Waals surface area contributed by atoms with Crippen LogP contribution in [-0.4, -0.2) is 30.0 Å². The molecule has 0 saturated heterocycles. The standard InChI is InChI=1S/C23H20FN3O3S2/c24-19-10-6-11-20-22(19)26-23(31-20)27(15-18-9-4-5-13-25-18)21(28)12-14-32(29,30)16-17-7-2-1-3-8-17/h1-11,13H,12,14-16H2. The van der Waals surface area contributed by atoms with E-state index in [1.54, 1.807) is 60.8 Å². The van der Waals surface area contributed by atoms with E-state index in [0.29, 0.717) is 21.1 Å². The highest BCUT2D eigenvalue weighted by Crippen LogP contribution is 2.31. The number of anilines is 1. The molecule has 0 aliphatic rings. The summed E-state index contributed by atoms with van der Waals surface area (Å²) in [7, 11) is -3.49. The van der Waals surface area contributed by atoms with Crippen LogP contribution in [0, 0.1) is 5.82 Å². The SMILES string of the molecule is O=C(CCS(=O)(=O)Cc1ccccc1)N(Cc1ccccn1)c1nc2c(F)cccc2s1. The van der Waals surface area contributed by atoms with Crippen LogP contribution in [0.2, 0.25) is 0 Å². The second-order valence-electron chi connectivity index (χ2n) is 7.21. The van der Waals surface area contributed by atoms with E-state index in [1.165, 1.54) is 22.3 Å². The molecular weight excluding hydrogens is 449 g/mol. The van der Waals surface area contributed by atoms with Gasteiger partial charge in [-0.25, -0.2) is 17.8 Å². The van der Waals surface area contributed by atoms with Crippen molar-refractivity contribution in [2.24, 2.45) is 0 Å². The first-order chi connectivity index (χ1) is 15.4. The Bertz CT molecular complexity index is 1330. The van der Waals surface area contributed by atoms with Crippen molar-refractivity contribution in [3.05, 3.63) is 90.0 Å². The molecule has 32 heavy (non-hydrogen) atoms. The highest BCUT2D eigenvalue weighted by molar-refractivity contribution is 7.90. The van der Waals surface area contributed by atoms with Gasteiger partial charge in [-0.2, -0.15) is 0 Å². The third kappa shape index (κ3) is 5.35. The Morgan fingerprint density at radius 2 is 1.78 bits per heavy atom. The summed E-state index contributed by atoms with van der Waals surface area (Å²) in [5, 5.41) is 0.307. The molecule has 4 rings (SSSR count). The molecule has 0 saturated carbocycles. The molecular formula is C23H20FN3O3S2. The fraction of sp³-hybridized carbons (Fsp3) is 0.174. The lowest BCUT2D eigenvalue weighted by Crippen LogP contribution is -2.32. The summed E-state index contributed by atoms with van der Waals surface area (Å²) < 4.78 is 39.9. The maximum atomic E-state index is 14.2. The van der Waals surface area contributed by atoms with Crippen LogP contribution >= 0.6 is 11.3 Å². The summed E-state index contributed by atoms with van der Waals surface area (Å²) >= 11 is 1.18. The summed E-state index contributed by atoms with van der Waals surface area (Å²) in [6, 6.07) is 18.8. The predicted molar refractivity (Wildman–Crippen MR) is 124 cm³/mol. The Morgan fingerprint density at radius 3 is 2.50 bits per heavy atom. The third-order valence-electron chi connectivity index (χ3n) is 4.79. The fourth-order valence-electron chi connectivity index (χ4n) is 3.21. The van der Waals surface area contributed by atoms with Gasteiger partial charge in [-0.3, -0.25) is 14.7 Å². The third-order valence-corrected chi connectivity index (χ3v) is 7.44. The van der Waals surface area contributed by atoms with Gasteiger partial charge >= 0.3 is 0 Å². The minimum atomic E-state index is -3.49. The lowest BCUT2D eigenvalue weighted by Gasteiger charge is -2.19. The lowest BCUT2D eigenvalue weighted by atomic mass is 10.2. The van der Waals surface area contributed by atoms with Gasteiger partial charge in [-0.1, -0.05) is 53.8 Å². The number of nitrogens with zero attached hydrogens (tertiary/aromatic N) is 3. The number of fused-ring (bicyclic) bond motifs is 1. The van der Waals surface area contributed by atoms with E-state index in [4.69, 9.17) is 0 Å². The molecule has 0 bridgehead atoms. The first-order valence-electron chi connectivity index (χ1n) is 9.91. The largest absolute Gasteiger partial charge is 0.282 e. The number of hydrogen-bond acceptors (Lipinski definition) is 6. The van der Waals surface area contributed by atoms with Gasteiger partial charge in [0.05, 0.1) is 28.4 Å². The Labute approximate surface area is 189 Å². The van der Waals surface area contributed by atoms with Crippen LogP contribution < -0.4 is 4.90 Å². The number of halogens is 1. The van der Waals surface area contributed by atoms with Gasteiger partial charge < -0.3 is 0 Å². The molecule has 0 aliphatic heterocycles. The molecule has 6 nitrogen and oxygen atoms in total. The van der Waals surface area contributed by atoms with Crippen molar-refractivity contribution in [2.75, 3.05) is 10.7 Å². The van der Waals surface area contributed by atoms with Crippen molar-refractivity contribution in [3.63, 3.8) is 0 Å². The first kappa shape index (κ1) is 22.0. The number of sulfone groups is 1. The molecule has 0 aliphatic carbocycles. The van der Waals surface area contributed by atoms with Gasteiger partial charge in [0.25, 0.3) is 0 Å². The lowest BCUT2D eigenvalue weighted by molar-refractivity contribution is -0.118. The second kappa shape index (κ2) is 9.54. The van der Waals surface area contributed by atoms with E-state index in [0.717, 1.165) is 0 Å². The number of pyridine rings is 1. The summed E-state index contributed by atoms with van der Waals surface area (Å²) in [6.45, 7) is 0.111. The highest BCUT2D eigenvalue weighted by atomic mass is 32.2. The fourth-order valence-corrected chi connectivity index (χ4v) is 5.54. The van der Waals surface area contributed by atoms with E-state index < -0.39 is 21.6 Å². The van der Waals surface area contributed by atoms with Gasteiger partial charge in [0, 0.05) is 12.6 Å². The average Bonchev–Trinajstić information content (AvgIpc) is 3.22. The Kier molecular flexibility index (Phi) is 6.57. The number of amides is 1. The van der Waals surface area contributed by atoms with Crippen molar-refractivity contribution >= 4 is 42.4 Å². The Balaban J connectivity index is 1.56. The van der Waals surface area contributed by atoms with Crippen molar-refractivity contribution in [1.82, 2.24) is 9.97 Å². The van der Waals surface area contributed by atoms with Crippen LogP contribution in [0.25, 0.3) is 10.2 Å². The molecule has 0 unspecified atom stereocenters. The number of para-hydroxylation sites is 1. The quantitative estimate of drug-likeness (QED) is 0.383. The van der Waals surface area contributed by atoms with E-state index in [9.17, 15) is 17.6 Å². The number of thiazole rings is 1. The Hall–Kier alpha value is -3.17. The molecule has 0 radical (unpaired) electrons. The molecule has 0 atom stereocenters. The molecule has 2 aromatic heterocycles.